The van der Waals surface area contributed by atoms with Crippen LogP contribution < -0.4 is 0 Å². The van der Waals surface area contributed by atoms with Crippen LogP contribution in [0.3, 0.4) is 0 Å². The Labute approximate surface area is 113 Å². The van der Waals surface area contributed by atoms with Crippen molar-refractivity contribution in [2.24, 2.45) is 0 Å². The van der Waals surface area contributed by atoms with E-state index in [1.54, 1.807) is 30.5 Å². The Hall–Kier alpha value is -1.19. The van der Waals surface area contributed by atoms with Crippen LogP contribution in [0.2, 0.25) is 5.02 Å². The second kappa shape index (κ2) is 4.98. The molecule has 17 heavy (non-hydrogen) atoms. The summed E-state index contributed by atoms with van der Waals surface area (Å²) in [6, 6.07) is 8.71. The van der Waals surface area contributed by atoms with Gasteiger partial charge in [0, 0.05) is 32.5 Å². The van der Waals surface area contributed by atoms with Crippen molar-refractivity contribution in [3.63, 3.8) is 0 Å². The van der Waals surface area contributed by atoms with Crippen LogP contribution in [-0.2, 0) is 0 Å². The van der Waals surface area contributed by atoms with Gasteiger partial charge >= 0.3 is 0 Å². The maximum Gasteiger partial charge on any atom is 0.195 e. The number of hydrogen-bond acceptors (Lipinski definition) is 2. The lowest BCUT2D eigenvalue weighted by Gasteiger charge is -2.04. The van der Waals surface area contributed by atoms with Crippen LogP contribution in [0.15, 0.2) is 41.0 Å². The number of benzene rings is 1. The summed E-state index contributed by atoms with van der Waals surface area (Å²) in [4.78, 5) is 16.3. The van der Waals surface area contributed by atoms with E-state index in [9.17, 15) is 4.79 Å². The van der Waals surface area contributed by atoms with Gasteiger partial charge in [0.05, 0.1) is 0 Å². The molecule has 0 bridgehead atoms. The van der Waals surface area contributed by atoms with Gasteiger partial charge in [0.2, 0.25) is 0 Å². The summed E-state index contributed by atoms with van der Waals surface area (Å²) in [6.45, 7) is 1.88. The highest BCUT2D eigenvalue weighted by molar-refractivity contribution is 9.10. The lowest BCUT2D eigenvalue weighted by atomic mass is 10.1. The van der Waals surface area contributed by atoms with Gasteiger partial charge in [0.15, 0.2) is 5.78 Å². The molecule has 4 heteroatoms. The van der Waals surface area contributed by atoms with Gasteiger partial charge in [-0.2, -0.15) is 0 Å². The quantitative estimate of drug-likeness (QED) is 0.784. The molecule has 1 heterocycles. The highest BCUT2D eigenvalue weighted by Crippen LogP contribution is 2.23. The fraction of sp³-hybridized carbons (Fsp3) is 0.0769. The Balaban J connectivity index is 2.43. The van der Waals surface area contributed by atoms with Crippen molar-refractivity contribution >= 4 is 33.3 Å². The summed E-state index contributed by atoms with van der Waals surface area (Å²) in [5.74, 6) is -0.0909. The molecule has 2 nitrogen and oxygen atoms in total. The van der Waals surface area contributed by atoms with Gasteiger partial charge in [-0.15, -0.1) is 0 Å². The van der Waals surface area contributed by atoms with Crippen molar-refractivity contribution in [2.45, 2.75) is 6.92 Å². The Kier molecular flexibility index (Phi) is 3.60. The molecule has 2 rings (SSSR count). The summed E-state index contributed by atoms with van der Waals surface area (Å²) in [5, 5.41) is 0.539. The number of aryl methyl sites for hydroxylation is 1. The van der Waals surface area contributed by atoms with Crippen molar-refractivity contribution in [1.29, 1.82) is 0 Å². The Bertz CT molecular complexity index is 566. The van der Waals surface area contributed by atoms with E-state index in [2.05, 4.69) is 20.9 Å². The van der Waals surface area contributed by atoms with Crippen molar-refractivity contribution in [1.82, 2.24) is 4.98 Å². The van der Waals surface area contributed by atoms with Gasteiger partial charge in [-0.05, 0) is 37.3 Å². The summed E-state index contributed by atoms with van der Waals surface area (Å²) in [6.07, 6.45) is 1.57. The number of halogens is 2. The standard InChI is InChI=1S/C13H9BrClNO/c1-8-2-3-9(7-16-8)13(17)11-6-10(15)4-5-12(11)14/h2-7H,1H3. The van der Waals surface area contributed by atoms with Crippen LogP contribution in [0, 0.1) is 6.92 Å². The number of pyridine rings is 1. The molecule has 1 aromatic heterocycles. The Morgan fingerprint density at radius 2 is 2.06 bits per heavy atom. The fourth-order valence-electron chi connectivity index (χ4n) is 1.43. The molecule has 1 aromatic carbocycles. The van der Waals surface area contributed by atoms with Gasteiger partial charge < -0.3 is 0 Å². The highest BCUT2D eigenvalue weighted by Gasteiger charge is 2.13. The fourth-order valence-corrected chi connectivity index (χ4v) is 2.03. The molecule has 0 atom stereocenters. The monoisotopic (exact) mass is 309 g/mol. The van der Waals surface area contributed by atoms with Crippen LogP contribution >= 0.6 is 27.5 Å². The second-order valence-electron chi connectivity index (χ2n) is 3.64. The molecule has 0 saturated heterocycles. The van der Waals surface area contributed by atoms with E-state index in [1.165, 1.54) is 0 Å². The van der Waals surface area contributed by atoms with E-state index in [0.717, 1.165) is 10.2 Å². The third kappa shape index (κ3) is 2.73. The average Bonchev–Trinajstić information content (AvgIpc) is 2.32. The van der Waals surface area contributed by atoms with Crippen LogP contribution in [0.1, 0.15) is 21.6 Å². The molecule has 2 aromatic rings. The zero-order chi connectivity index (χ0) is 12.4. The van der Waals surface area contributed by atoms with Gasteiger partial charge in [-0.25, -0.2) is 0 Å². The van der Waals surface area contributed by atoms with E-state index in [-0.39, 0.29) is 5.78 Å². The number of carbonyl (C=O) groups excluding carboxylic acids is 1. The van der Waals surface area contributed by atoms with Crippen LogP contribution in [-0.4, -0.2) is 10.8 Å². The van der Waals surface area contributed by atoms with Gasteiger partial charge in [0.1, 0.15) is 0 Å². The van der Waals surface area contributed by atoms with E-state index < -0.39 is 0 Å². The maximum atomic E-state index is 12.2. The van der Waals surface area contributed by atoms with Gasteiger partial charge in [-0.1, -0.05) is 27.5 Å². The number of nitrogens with zero attached hydrogens (tertiary/aromatic N) is 1. The van der Waals surface area contributed by atoms with E-state index >= 15 is 0 Å². The van der Waals surface area contributed by atoms with Crippen molar-refractivity contribution in [3.05, 3.63) is 62.8 Å². The Morgan fingerprint density at radius 1 is 1.29 bits per heavy atom. The predicted octanol–water partition coefficient (Wildman–Crippen LogP) is 4.04. The molecule has 0 aliphatic rings. The summed E-state index contributed by atoms with van der Waals surface area (Å²) >= 11 is 9.23. The molecular weight excluding hydrogens is 302 g/mol. The van der Waals surface area contributed by atoms with Crippen LogP contribution in [0.5, 0.6) is 0 Å². The van der Waals surface area contributed by atoms with Crippen molar-refractivity contribution in [3.8, 4) is 0 Å². The first-order valence-corrected chi connectivity index (χ1v) is 6.17. The molecule has 0 unspecified atom stereocenters. The molecule has 0 amide bonds. The molecule has 0 aliphatic carbocycles. The minimum atomic E-state index is -0.0909. The number of hydrogen-bond donors (Lipinski definition) is 0. The van der Waals surface area contributed by atoms with Crippen LogP contribution in [0.25, 0.3) is 0 Å². The molecule has 0 radical (unpaired) electrons. The van der Waals surface area contributed by atoms with E-state index in [4.69, 9.17) is 11.6 Å². The second-order valence-corrected chi connectivity index (χ2v) is 4.93. The molecule has 0 spiro atoms. The summed E-state index contributed by atoms with van der Waals surface area (Å²) in [7, 11) is 0. The minimum absolute atomic E-state index is 0.0909. The third-order valence-electron chi connectivity index (χ3n) is 2.35. The lowest BCUT2D eigenvalue weighted by molar-refractivity contribution is 0.103. The maximum absolute atomic E-state index is 12.2. The van der Waals surface area contributed by atoms with Gasteiger partial charge in [-0.3, -0.25) is 9.78 Å². The number of rotatable bonds is 2. The van der Waals surface area contributed by atoms with Crippen LogP contribution in [0.4, 0.5) is 0 Å². The molecule has 0 fully saturated rings. The molecule has 0 N–H and O–H groups in total. The first kappa shape index (κ1) is 12.3. The smallest absolute Gasteiger partial charge is 0.195 e. The molecular formula is C13H9BrClNO. The van der Waals surface area contributed by atoms with Gasteiger partial charge in [0.25, 0.3) is 0 Å². The summed E-state index contributed by atoms with van der Waals surface area (Å²) < 4.78 is 0.729. The van der Waals surface area contributed by atoms with Crippen molar-refractivity contribution < 1.29 is 4.79 Å². The number of ketones is 1. The molecule has 0 saturated carbocycles. The average molecular weight is 311 g/mol. The largest absolute Gasteiger partial charge is 0.289 e. The van der Waals surface area contributed by atoms with Crippen molar-refractivity contribution in [2.75, 3.05) is 0 Å². The highest BCUT2D eigenvalue weighted by atomic mass is 79.9. The zero-order valence-electron chi connectivity index (χ0n) is 9.08. The predicted molar refractivity (Wildman–Crippen MR) is 71.6 cm³/mol. The minimum Gasteiger partial charge on any atom is -0.289 e. The number of carbonyl (C=O) groups is 1. The van der Waals surface area contributed by atoms with E-state index in [0.29, 0.717) is 16.1 Å². The van der Waals surface area contributed by atoms with E-state index in [1.807, 2.05) is 13.0 Å². The number of aromatic nitrogens is 1. The SMILES string of the molecule is Cc1ccc(C(=O)c2cc(Cl)ccc2Br)cn1. The first-order valence-electron chi connectivity index (χ1n) is 5.00. The summed E-state index contributed by atoms with van der Waals surface area (Å²) in [5.41, 5.74) is 1.98. The normalized spacial score (nSPS) is 10.3. The first-order chi connectivity index (χ1) is 8.08. The topological polar surface area (TPSA) is 30.0 Å². The zero-order valence-corrected chi connectivity index (χ0v) is 11.4. The molecule has 86 valence electrons. The Morgan fingerprint density at radius 3 is 2.71 bits per heavy atom. The lowest BCUT2D eigenvalue weighted by Crippen LogP contribution is -2.03. The molecule has 0 aliphatic heterocycles. The third-order valence-corrected chi connectivity index (χ3v) is 3.27.